The number of imidazole rings is 1. The Labute approximate surface area is 140 Å². The molecule has 0 atom stereocenters. The SMILES string of the molecule is Cc1nc(C)n(-c2cc(C)c3[nH]c(=O)ccc3c2)c1N.Cl.Cl. The van der Waals surface area contributed by atoms with Crippen LogP contribution in [0.2, 0.25) is 0 Å². The van der Waals surface area contributed by atoms with Crippen molar-refractivity contribution in [3.8, 4) is 5.69 Å². The first-order chi connectivity index (χ1) is 9.47. The topological polar surface area (TPSA) is 76.7 Å². The highest BCUT2D eigenvalue weighted by atomic mass is 35.5. The highest BCUT2D eigenvalue weighted by Gasteiger charge is 2.11. The van der Waals surface area contributed by atoms with Gasteiger partial charge in [-0.05, 0) is 44.5 Å². The third-order valence-electron chi connectivity index (χ3n) is 3.54. The van der Waals surface area contributed by atoms with Crippen LogP contribution in [0.5, 0.6) is 0 Å². The zero-order valence-corrected chi connectivity index (χ0v) is 14.1. The summed E-state index contributed by atoms with van der Waals surface area (Å²) in [4.78, 5) is 18.7. The Morgan fingerprint density at radius 3 is 2.41 bits per heavy atom. The number of rotatable bonds is 1. The number of aromatic nitrogens is 3. The molecule has 2 heterocycles. The second-order valence-corrected chi connectivity index (χ2v) is 5.01. The fraction of sp³-hybridized carbons (Fsp3) is 0.200. The van der Waals surface area contributed by atoms with Gasteiger partial charge >= 0.3 is 0 Å². The zero-order valence-electron chi connectivity index (χ0n) is 12.5. The molecule has 3 aromatic rings. The van der Waals surface area contributed by atoms with Crippen molar-refractivity contribution in [3.63, 3.8) is 0 Å². The first kappa shape index (κ1) is 18.1. The number of fused-ring (bicyclic) bond motifs is 1. The summed E-state index contributed by atoms with van der Waals surface area (Å²) in [7, 11) is 0. The molecule has 0 saturated carbocycles. The number of nitrogens with zero attached hydrogens (tertiary/aromatic N) is 2. The largest absolute Gasteiger partial charge is 0.383 e. The number of benzene rings is 1. The van der Waals surface area contributed by atoms with Crippen LogP contribution in [0, 0.1) is 20.8 Å². The lowest BCUT2D eigenvalue weighted by molar-refractivity contribution is 0.981. The normalized spacial score (nSPS) is 10.1. The number of nitrogens with one attached hydrogen (secondary N) is 1. The number of halogens is 2. The van der Waals surface area contributed by atoms with Crippen molar-refractivity contribution in [2.24, 2.45) is 0 Å². The molecule has 118 valence electrons. The van der Waals surface area contributed by atoms with Gasteiger partial charge in [0.2, 0.25) is 5.56 Å². The van der Waals surface area contributed by atoms with Crippen molar-refractivity contribution >= 4 is 41.5 Å². The van der Waals surface area contributed by atoms with Gasteiger partial charge in [-0.15, -0.1) is 24.8 Å². The maximum atomic E-state index is 11.4. The summed E-state index contributed by atoms with van der Waals surface area (Å²) in [5.74, 6) is 1.49. The van der Waals surface area contributed by atoms with Gasteiger partial charge in [0.15, 0.2) is 0 Å². The Kier molecular flexibility index (Phi) is 5.27. The van der Waals surface area contributed by atoms with E-state index in [1.165, 1.54) is 6.07 Å². The molecule has 0 radical (unpaired) electrons. The molecule has 0 bridgehead atoms. The van der Waals surface area contributed by atoms with Crippen molar-refractivity contribution in [1.29, 1.82) is 0 Å². The summed E-state index contributed by atoms with van der Waals surface area (Å²) < 4.78 is 1.92. The first-order valence-electron chi connectivity index (χ1n) is 6.43. The van der Waals surface area contributed by atoms with E-state index in [-0.39, 0.29) is 30.4 Å². The highest BCUT2D eigenvalue weighted by molar-refractivity contribution is 5.86. The second-order valence-electron chi connectivity index (χ2n) is 5.01. The van der Waals surface area contributed by atoms with E-state index in [2.05, 4.69) is 9.97 Å². The molecule has 0 spiro atoms. The van der Waals surface area contributed by atoms with Crippen molar-refractivity contribution < 1.29 is 0 Å². The Bertz CT molecular complexity index is 883. The molecular formula is C15H18Cl2N4O. The molecule has 3 N–H and O–H groups in total. The van der Waals surface area contributed by atoms with E-state index in [4.69, 9.17) is 5.73 Å². The number of nitrogens with two attached hydrogens (primary N) is 1. The fourth-order valence-electron chi connectivity index (χ4n) is 2.57. The molecule has 2 aromatic heterocycles. The van der Waals surface area contributed by atoms with Gasteiger partial charge < -0.3 is 10.7 Å². The lowest BCUT2D eigenvalue weighted by Crippen LogP contribution is -2.06. The van der Waals surface area contributed by atoms with Gasteiger partial charge in [-0.2, -0.15) is 0 Å². The molecule has 5 nitrogen and oxygen atoms in total. The molecule has 0 aliphatic heterocycles. The van der Waals surface area contributed by atoms with Gasteiger partial charge in [-0.3, -0.25) is 9.36 Å². The Morgan fingerprint density at radius 2 is 1.82 bits per heavy atom. The number of nitrogen functional groups attached to an aromatic ring is 1. The average Bonchev–Trinajstić information content (AvgIpc) is 2.64. The van der Waals surface area contributed by atoms with Gasteiger partial charge in [-0.1, -0.05) is 0 Å². The predicted molar refractivity (Wildman–Crippen MR) is 94.8 cm³/mol. The average molecular weight is 341 g/mol. The third-order valence-corrected chi connectivity index (χ3v) is 3.54. The van der Waals surface area contributed by atoms with E-state index >= 15 is 0 Å². The van der Waals surface area contributed by atoms with Crippen molar-refractivity contribution in [1.82, 2.24) is 14.5 Å². The molecule has 3 rings (SSSR count). The summed E-state index contributed by atoms with van der Waals surface area (Å²) in [5.41, 5.74) is 9.63. The number of pyridine rings is 1. The fourth-order valence-corrected chi connectivity index (χ4v) is 2.57. The molecule has 0 amide bonds. The molecule has 1 aromatic carbocycles. The summed E-state index contributed by atoms with van der Waals surface area (Å²) in [6.07, 6.45) is 0. The number of H-pyrrole nitrogens is 1. The molecular weight excluding hydrogens is 323 g/mol. The zero-order chi connectivity index (χ0) is 14.4. The summed E-state index contributed by atoms with van der Waals surface area (Å²) in [6, 6.07) is 7.35. The molecule has 0 fully saturated rings. The van der Waals surface area contributed by atoms with Crippen LogP contribution in [-0.2, 0) is 0 Å². The number of aryl methyl sites for hydroxylation is 3. The molecule has 22 heavy (non-hydrogen) atoms. The Morgan fingerprint density at radius 1 is 1.14 bits per heavy atom. The monoisotopic (exact) mass is 340 g/mol. The molecule has 0 saturated heterocycles. The van der Waals surface area contributed by atoms with Gasteiger partial charge in [0, 0.05) is 17.1 Å². The van der Waals surface area contributed by atoms with Crippen LogP contribution in [0.25, 0.3) is 16.6 Å². The second kappa shape index (κ2) is 6.42. The van der Waals surface area contributed by atoms with E-state index in [0.717, 1.165) is 33.7 Å². The van der Waals surface area contributed by atoms with Crippen LogP contribution >= 0.6 is 24.8 Å². The summed E-state index contributed by atoms with van der Waals surface area (Å²) >= 11 is 0. The van der Waals surface area contributed by atoms with Gasteiger partial charge in [0.05, 0.1) is 11.2 Å². The minimum Gasteiger partial charge on any atom is -0.383 e. The first-order valence-corrected chi connectivity index (χ1v) is 6.43. The van der Waals surface area contributed by atoms with Crippen LogP contribution in [-0.4, -0.2) is 14.5 Å². The van der Waals surface area contributed by atoms with E-state index in [9.17, 15) is 4.79 Å². The molecule has 0 aliphatic rings. The molecule has 0 unspecified atom stereocenters. The Hall–Kier alpha value is -1.98. The number of aromatic amines is 1. The number of anilines is 1. The van der Waals surface area contributed by atoms with Crippen molar-refractivity contribution in [3.05, 3.63) is 51.7 Å². The van der Waals surface area contributed by atoms with Crippen LogP contribution in [0.4, 0.5) is 5.82 Å². The van der Waals surface area contributed by atoms with E-state index in [0.29, 0.717) is 5.82 Å². The van der Waals surface area contributed by atoms with Crippen molar-refractivity contribution in [2.45, 2.75) is 20.8 Å². The van der Waals surface area contributed by atoms with E-state index < -0.39 is 0 Å². The number of hydrogen-bond acceptors (Lipinski definition) is 3. The quantitative estimate of drug-likeness (QED) is 0.714. The minimum atomic E-state index is -0.0949. The lowest BCUT2D eigenvalue weighted by Gasteiger charge is -2.11. The van der Waals surface area contributed by atoms with E-state index in [1.807, 2.05) is 43.5 Å². The number of hydrogen-bond donors (Lipinski definition) is 2. The smallest absolute Gasteiger partial charge is 0.248 e. The highest BCUT2D eigenvalue weighted by Crippen LogP contribution is 2.24. The maximum Gasteiger partial charge on any atom is 0.248 e. The maximum absolute atomic E-state index is 11.4. The predicted octanol–water partition coefficient (Wildman–Crippen LogP) is 3.06. The van der Waals surface area contributed by atoms with Gasteiger partial charge in [0.1, 0.15) is 11.6 Å². The van der Waals surface area contributed by atoms with Crippen LogP contribution in [0.1, 0.15) is 17.1 Å². The van der Waals surface area contributed by atoms with Crippen molar-refractivity contribution in [2.75, 3.05) is 5.73 Å². The minimum absolute atomic E-state index is 0. The van der Waals surface area contributed by atoms with Crippen LogP contribution in [0.15, 0.2) is 29.1 Å². The summed E-state index contributed by atoms with van der Waals surface area (Å²) in [5, 5.41) is 0.977. The summed E-state index contributed by atoms with van der Waals surface area (Å²) in [6.45, 7) is 5.79. The third kappa shape index (κ3) is 2.82. The molecule has 0 aliphatic carbocycles. The molecule has 7 heteroatoms. The van der Waals surface area contributed by atoms with Gasteiger partial charge in [0.25, 0.3) is 0 Å². The van der Waals surface area contributed by atoms with Gasteiger partial charge in [-0.25, -0.2) is 4.98 Å². The van der Waals surface area contributed by atoms with Crippen LogP contribution < -0.4 is 11.3 Å². The standard InChI is InChI=1S/C15H16N4O.2ClH/c1-8-6-12(19-10(3)17-9(2)15(19)16)7-11-4-5-13(20)18-14(8)11;;/h4-7H,16H2,1-3H3,(H,18,20);2*1H. The van der Waals surface area contributed by atoms with Crippen LogP contribution in [0.3, 0.4) is 0 Å². The lowest BCUT2D eigenvalue weighted by atomic mass is 10.1. The van der Waals surface area contributed by atoms with E-state index in [1.54, 1.807) is 0 Å². The Balaban J connectivity index is 0.00000121.